The van der Waals surface area contributed by atoms with Gasteiger partial charge in [0.15, 0.2) is 0 Å². The monoisotopic (exact) mass is 272 g/mol. The third-order valence-electron chi connectivity index (χ3n) is 3.26. The van der Waals surface area contributed by atoms with Crippen LogP contribution in [0.5, 0.6) is 0 Å². The molecule has 0 aliphatic carbocycles. The van der Waals surface area contributed by atoms with Gasteiger partial charge in [-0.3, -0.25) is 4.79 Å². The van der Waals surface area contributed by atoms with Crippen molar-refractivity contribution in [1.82, 2.24) is 15.1 Å². The second-order valence-electron chi connectivity index (χ2n) is 4.65. The summed E-state index contributed by atoms with van der Waals surface area (Å²) in [6.45, 7) is 5.18. The summed E-state index contributed by atoms with van der Waals surface area (Å²) >= 11 is 0. The lowest BCUT2D eigenvalue weighted by atomic mass is 10.0. The number of nitrogens with zero attached hydrogens (tertiary/aromatic N) is 2. The minimum absolute atomic E-state index is 0.325. The molecule has 5 nitrogen and oxygen atoms in total. The highest BCUT2D eigenvalue weighted by molar-refractivity contribution is 5.92. The minimum Gasteiger partial charge on any atom is -0.366 e. The average Bonchev–Trinajstić information content (AvgIpc) is 2.95. The molecule has 0 saturated carbocycles. The summed E-state index contributed by atoms with van der Waals surface area (Å²) in [5, 5.41) is 7.62. The van der Waals surface area contributed by atoms with Gasteiger partial charge in [0, 0.05) is 12.2 Å². The molecule has 0 radical (unpaired) electrons. The van der Waals surface area contributed by atoms with Crippen LogP contribution in [0.15, 0.2) is 36.7 Å². The Morgan fingerprint density at radius 3 is 2.85 bits per heavy atom. The van der Waals surface area contributed by atoms with Gasteiger partial charge in [-0.2, -0.15) is 5.10 Å². The van der Waals surface area contributed by atoms with Gasteiger partial charge < -0.3 is 11.1 Å². The highest BCUT2D eigenvalue weighted by Gasteiger charge is 2.10. The number of hydrogen-bond acceptors (Lipinski definition) is 3. The molecular formula is C15H20N4O. The van der Waals surface area contributed by atoms with E-state index in [1.54, 1.807) is 10.9 Å². The fraction of sp³-hybridized carbons (Fsp3) is 0.333. The van der Waals surface area contributed by atoms with E-state index in [-0.39, 0.29) is 0 Å². The number of rotatable bonds is 6. The molecule has 5 heteroatoms. The number of hydrogen-bond donors (Lipinski definition) is 2. The summed E-state index contributed by atoms with van der Waals surface area (Å²) in [5.41, 5.74) is 7.79. The van der Waals surface area contributed by atoms with Crippen LogP contribution in [0.25, 0.3) is 5.69 Å². The first-order chi connectivity index (χ1) is 9.65. The van der Waals surface area contributed by atoms with Crippen LogP contribution in [0.3, 0.4) is 0 Å². The van der Waals surface area contributed by atoms with Crippen molar-refractivity contribution >= 4 is 5.91 Å². The zero-order valence-corrected chi connectivity index (χ0v) is 11.8. The fourth-order valence-corrected chi connectivity index (χ4v) is 2.22. The largest absolute Gasteiger partial charge is 0.366 e. The van der Waals surface area contributed by atoms with E-state index in [0.717, 1.165) is 18.7 Å². The van der Waals surface area contributed by atoms with Gasteiger partial charge in [0.25, 0.3) is 5.91 Å². The maximum absolute atomic E-state index is 11.1. The number of nitrogens with two attached hydrogens (primary N) is 1. The minimum atomic E-state index is -0.466. The fourth-order valence-electron chi connectivity index (χ4n) is 2.22. The van der Waals surface area contributed by atoms with E-state index in [1.807, 2.05) is 12.1 Å². The number of amides is 1. The number of primary amides is 1. The molecule has 106 valence electrons. The molecule has 2 rings (SSSR count). The molecule has 0 aliphatic heterocycles. The zero-order valence-electron chi connectivity index (χ0n) is 11.8. The summed E-state index contributed by atoms with van der Waals surface area (Å²) < 4.78 is 1.67. The van der Waals surface area contributed by atoms with E-state index in [2.05, 4.69) is 36.4 Å². The molecule has 20 heavy (non-hydrogen) atoms. The number of benzene rings is 1. The van der Waals surface area contributed by atoms with Crippen molar-refractivity contribution in [2.45, 2.75) is 26.3 Å². The van der Waals surface area contributed by atoms with Crippen molar-refractivity contribution in [3.63, 3.8) is 0 Å². The lowest BCUT2D eigenvalue weighted by molar-refractivity contribution is 0.100. The van der Waals surface area contributed by atoms with Gasteiger partial charge in [-0.25, -0.2) is 4.68 Å². The molecule has 1 heterocycles. The Morgan fingerprint density at radius 1 is 1.45 bits per heavy atom. The number of carbonyl (C=O) groups is 1. The first kappa shape index (κ1) is 14.3. The van der Waals surface area contributed by atoms with Crippen LogP contribution in [-0.4, -0.2) is 22.2 Å². The maximum atomic E-state index is 11.1. The SMILES string of the molecule is CCNC(CC)c1cccc(-n2cc(C(N)=O)cn2)c1. The lowest BCUT2D eigenvalue weighted by Crippen LogP contribution is -2.20. The van der Waals surface area contributed by atoms with E-state index in [4.69, 9.17) is 5.73 Å². The molecule has 1 unspecified atom stereocenters. The van der Waals surface area contributed by atoms with Crippen molar-refractivity contribution in [3.8, 4) is 5.69 Å². The Bertz CT molecular complexity index is 591. The van der Waals surface area contributed by atoms with Crippen molar-refractivity contribution in [2.75, 3.05) is 6.54 Å². The number of nitrogens with one attached hydrogen (secondary N) is 1. The second-order valence-corrected chi connectivity index (χ2v) is 4.65. The molecular weight excluding hydrogens is 252 g/mol. The molecule has 2 aromatic rings. The Hall–Kier alpha value is -2.14. The van der Waals surface area contributed by atoms with E-state index >= 15 is 0 Å². The average molecular weight is 272 g/mol. The molecule has 3 N–H and O–H groups in total. The smallest absolute Gasteiger partial charge is 0.251 e. The van der Waals surface area contributed by atoms with E-state index in [0.29, 0.717) is 11.6 Å². The number of carbonyl (C=O) groups excluding carboxylic acids is 1. The van der Waals surface area contributed by atoms with Crippen LogP contribution in [-0.2, 0) is 0 Å². The van der Waals surface area contributed by atoms with Crippen LogP contribution in [0.2, 0.25) is 0 Å². The Balaban J connectivity index is 2.30. The van der Waals surface area contributed by atoms with Gasteiger partial charge in [0.1, 0.15) is 0 Å². The Kier molecular flexibility index (Phi) is 4.53. The standard InChI is InChI=1S/C15H20N4O/c1-3-14(17-4-2)11-6-5-7-13(8-11)19-10-12(9-18-19)15(16)20/h5-10,14,17H,3-4H2,1-2H3,(H2,16,20). The molecule has 1 amide bonds. The summed E-state index contributed by atoms with van der Waals surface area (Å²) in [4.78, 5) is 11.1. The molecule has 0 bridgehead atoms. The first-order valence-electron chi connectivity index (χ1n) is 6.83. The van der Waals surface area contributed by atoms with Crippen LogP contribution < -0.4 is 11.1 Å². The summed E-state index contributed by atoms with van der Waals surface area (Å²) in [6.07, 6.45) is 4.15. The Labute approximate surface area is 118 Å². The number of aromatic nitrogens is 2. The zero-order chi connectivity index (χ0) is 14.5. The highest BCUT2D eigenvalue weighted by atomic mass is 16.1. The van der Waals surface area contributed by atoms with Crippen molar-refractivity contribution < 1.29 is 4.79 Å². The molecule has 0 saturated heterocycles. The van der Waals surface area contributed by atoms with Gasteiger partial charge >= 0.3 is 0 Å². The van der Waals surface area contributed by atoms with E-state index in [9.17, 15) is 4.79 Å². The van der Waals surface area contributed by atoms with Crippen LogP contribution >= 0.6 is 0 Å². The van der Waals surface area contributed by atoms with E-state index in [1.165, 1.54) is 11.8 Å². The van der Waals surface area contributed by atoms with Crippen LogP contribution in [0, 0.1) is 0 Å². The van der Waals surface area contributed by atoms with Crippen LogP contribution in [0.4, 0.5) is 0 Å². The van der Waals surface area contributed by atoms with Gasteiger partial charge in [0.2, 0.25) is 0 Å². The molecule has 1 atom stereocenters. The third-order valence-corrected chi connectivity index (χ3v) is 3.26. The molecule has 0 aliphatic rings. The van der Waals surface area contributed by atoms with Crippen molar-refractivity contribution in [2.24, 2.45) is 5.73 Å². The van der Waals surface area contributed by atoms with Gasteiger partial charge in [-0.05, 0) is 30.7 Å². The molecule has 1 aromatic carbocycles. The summed E-state index contributed by atoms with van der Waals surface area (Å²) in [5.74, 6) is -0.466. The quantitative estimate of drug-likeness (QED) is 0.845. The van der Waals surface area contributed by atoms with E-state index < -0.39 is 5.91 Å². The lowest BCUT2D eigenvalue weighted by Gasteiger charge is -2.17. The second kappa shape index (κ2) is 6.34. The van der Waals surface area contributed by atoms with Gasteiger partial charge in [0.05, 0.1) is 17.4 Å². The normalized spacial score (nSPS) is 12.3. The third kappa shape index (κ3) is 3.05. The van der Waals surface area contributed by atoms with Crippen LogP contribution in [0.1, 0.15) is 42.2 Å². The highest BCUT2D eigenvalue weighted by Crippen LogP contribution is 2.19. The van der Waals surface area contributed by atoms with Gasteiger partial charge in [-0.15, -0.1) is 0 Å². The molecule has 0 spiro atoms. The van der Waals surface area contributed by atoms with Crippen molar-refractivity contribution in [3.05, 3.63) is 47.8 Å². The molecule has 1 aromatic heterocycles. The summed E-state index contributed by atoms with van der Waals surface area (Å²) in [7, 11) is 0. The topological polar surface area (TPSA) is 72.9 Å². The van der Waals surface area contributed by atoms with Gasteiger partial charge in [-0.1, -0.05) is 26.0 Å². The Morgan fingerprint density at radius 2 is 2.25 bits per heavy atom. The first-order valence-corrected chi connectivity index (χ1v) is 6.83. The molecule has 0 fully saturated rings. The summed E-state index contributed by atoms with van der Waals surface area (Å²) in [6, 6.07) is 8.45. The predicted molar refractivity (Wildman–Crippen MR) is 78.8 cm³/mol. The van der Waals surface area contributed by atoms with Crippen molar-refractivity contribution in [1.29, 1.82) is 0 Å². The maximum Gasteiger partial charge on any atom is 0.251 e. The predicted octanol–water partition coefficient (Wildman–Crippen LogP) is 2.03.